The Morgan fingerprint density at radius 2 is 1.93 bits per heavy atom. The van der Waals surface area contributed by atoms with Gasteiger partial charge in [-0.05, 0) is 6.42 Å². The van der Waals surface area contributed by atoms with Gasteiger partial charge in [0.05, 0.1) is 21.1 Å². The lowest BCUT2D eigenvalue weighted by Crippen LogP contribution is -2.45. The van der Waals surface area contributed by atoms with Crippen LogP contribution in [0, 0.1) is 0 Å². The highest BCUT2D eigenvalue weighted by molar-refractivity contribution is 7.32. The van der Waals surface area contributed by atoms with Crippen LogP contribution >= 0.6 is 8.25 Å². The van der Waals surface area contributed by atoms with E-state index in [0.29, 0.717) is 4.48 Å². The van der Waals surface area contributed by atoms with Gasteiger partial charge >= 0.3 is 8.25 Å². The molecule has 0 amide bonds. The summed E-state index contributed by atoms with van der Waals surface area (Å²) in [5, 5.41) is 0. The summed E-state index contributed by atoms with van der Waals surface area (Å²) in [7, 11) is 3.41. The minimum Gasteiger partial charge on any atom is -0.302 e. The average Bonchev–Trinajstić information content (AvgIpc) is 2.00. The van der Waals surface area contributed by atoms with Gasteiger partial charge < -0.3 is 4.48 Å². The highest BCUT2D eigenvalue weighted by Crippen LogP contribution is 2.25. The van der Waals surface area contributed by atoms with Crippen LogP contribution in [0.3, 0.4) is 0 Å². The van der Waals surface area contributed by atoms with Crippen LogP contribution in [0.5, 0.6) is 0 Å². The van der Waals surface area contributed by atoms with Crippen molar-refractivity contribution in [2.24, 2.45) is 0 Å². The minimum atomic E-state index is -2.49. The highest BCUT2D eigenvalue weighted by atomic mass is 31.1. The van der Waals surface area contributed by atoms with Gasteiger partial charge in [0.25, 0.3) is 0 Å². The van der Waals surface area contributed by atoms with E-state index in [-0.39, 0.29) is 6.23 Å². The van der Waals surface area contributed by atoms with Crippen LogP contribution in [-0.4, -0.2) is 36.7 Å². The lowest BCUT2D eigenvalue weighted by atomic mass is 10.2. The molecule has 0 heterocycles. The van der Waals surface area contributed by atoms with Crippen LogP contribution in [0.1, 0.15) is 32.6 Å². The van der Waals surface area contributed by atoms with E-state index in [1.54, 1.807) is 0 Å². The molecule has 84 valence electrons. The normalized spacial score (nSPS) is 15.4. The van der Waals surface area contributed by atoms with Crippen molar-refractivity contribution in [3.63, 3.8) is 0 Å². The average molecular weight is 223 g/mol. The van der Waals surface area contributed by atoms with Gasteiger partial charge in [0, 0.05) is 11.0 Å². The summed E-state index contributed by atoms with van der Waals surface area (Å²) in [6.45, 7) is 2.13. The van der Waals surface area contributed by atoms with E-state index < -0.39 is 8.25 Å². The first-order valence-electron chi connectivity index (χ1n) is 5.02. The molecule has 0 radical (unpaired) electrons. The quantitative estimate of drug-likeness (QED) is 0.312. The molecular weight excluding hydrogens is 201 g/mol. The van der Waals surface area contributed by atoms with E-state index in [9.17, 15) is 4.57 Å². The van der Waals surface area contributed by atoms with Crippen LogP contribution < -0.4 is 0 Å². The molecule has 0 spiro atoms. The van der Waals surface area contributed by atoms with Crippen molar-refractivity contribution in [1.29, 1.82) is 0 Å². The van der Waals surface area contributed by atoms with E-state index in [2.05, 4.69) is 6.92 Å². The zero-order valence-corrected chi connectivity index (χ0v) is 10.5. The fourth-order valence-electron chi connectivity index (χ4n) is 1.25. The standard InChI is InChI=1S/C9H21NO3P/c1-5-6-7-8-9(10(2,3)4)13-14(11)12/h9H,5-8H2,1-4H3/q+1/p+1. The van der Waals surface area contributed by atoms with Crippen molar-refractivity contribution >= 4 is 8.25 Å². The zero-order chi connectivity index (χ0) is 11.2. The summed E-state index contributed by atoms with van der Waals surface area (Å²) in [5.41, 5.74) is 0. The molecule has 0 aliphatic carbocycles. The van der Waals surface area contributed by atoms with Gasteiger partial charge in [-0.2, -0.15) is 0 Å². The number of quaternary nitrogens is 1. The predicted molar refractivity (Wildman–Crippen MR) is 56.9 cm³/mol. The van der Waals surface area contributed by atoms with E-state index in [4.69, 9.17) is 9.42 Å². The van der Waals surface area contributed by atoms with Gasteiger partial charge in [-0.15, -0.1) is 4.89 Å². The molecule has 1 N–H and O–H groups in total. The largest absolute Gasteiger partial charge is 0.700 e. The third-order valence-electron chi connectivity index (χ3n) is 2.13. The molecule has 0 saturated heterocycles. The first-order valence-corrected chi connectivity index (χ1v) is 6.15. The number of nitrogens with zero attached hydrogens (tertiary/aromatic N) is 1. The molecule has 2 unspecified atom stereocenters. The van der Waals surface area contributed by atoms with Crippen LogP contribution in [0.15, 0.2) is 0 Å². The lowest BCUT2D eigenvalue weighted by molar-refractivity contribution is -0.915. The fourth-order valence-corrected chi connectivity index (χ4v) is 1.85. The van der Waals surface area contributed by atoms with Crippen LogP contribution in [0.2, 0.25) is 0 Å². The molecule has 4 nitrogen and oxygen atoms in total. The number of hydrogen-bond acceptors (Lipinski definition) is 2. The summed E-state index contributed by atoms with van der Waals surface area (Å²) in [4.78, 5) is 8.72. The SMILES string of the molecule is CCCCCC(O[P+](=O)O)[N+](C)(C)C. The molecule has 0 aliphatic heterocycles. The number of unbranched alkanes of at least 4 members (excludes halogenated alkanes) is 2. The van der Waals surface area contributed by atoms with E-state index >= 15 is 0 Å². The molecule has 0 aliphatic rings. The summed E-state index contributed by atoms with van der Waals surface area (Å²) >= 11 is 0. The Morgan fingerprint density at radius 1 is 1.36 bits per heavy atom. The predicted octanol–water partition coefficient (Wildman–Crippen LogP) is 2.27. The van der Waals surface area contributed by atoms with Crippen molar-refractivity contribution in [1.82, 2.24) is 0 Å². The summed E-state index contributed by atoms with van der Waals surface area (Å²) in [5.74, 6) is 0. The number of hydrogen-bond donors (Lipinski definition) is 1. The lowest BCUT2D eigenvalue weighted by Gasteiger charge is -2.29. The molecule has 0 aromatic heterocycles. The summed E-state index contributed by atoms with van der Waals surface area (Å²) in [6.07, 6.45) is 3.98. The molecule has 2 atom stereocenters. The van der Waals surface area contributed by atoms with Gasteiger partial charge in [0.1, 0.15) is 0 Å². The van der Waals surface area contributed by atoms with Crippen LogP contribution in [0.25, 0.3) is 0 Å². The van der Waals surface area contributed by atoms with E-state index in [1.165, 1.54) is 0 Å². The van der Waals surface area contributed by atoms with Crippen molar-refractivity contribution in [3.05, 3.63) is 0 Å². The van der Waals surface area contributed by atoms with Gasteiger partial charge in [-0.3, -0.25) is 0 Å². The third-order valence-corrected chi connectivity index (χ3v) is 2.55. The van der Waals surface area contributed by atoms with E-state index in [0.717, 1.165) is 25.7 Å². The van der Waals surface area contributed by atoms with E-state index in [1.807, 2.05) is 21.1 Å². The fraction of sp³-hybridized carbons (Fsp3) is 1.00. The number of rotatable bonds is 7. The van der Waals surface area contributed by atoms with Gasteiger partial charge in [0.2, 0.25) is 6.23 Å². The molecule has 14 heavy (non-hydrogen) atoms. The molecular formula is C9H22NO3P+2. The Kier molecular flexibility index (Phi) is 6.45. The second kappa shape index (κ2) is 6.46. The van der Waals surface area contributed by atoms with Crippen LogP contribution in [-0.2, 0) is 9.09 Å². The smallest absolute Gasteiger partial charge is 0.302 e. The maximum atomic E-state index is 10.6. The third kappa shape index (κ3) is 6.44. The molecule has 5 heteroatoms. The Labute approximate surface area is 87.4 Å². The molecule has 0 bridgehead atoms. The maximum Gasteiger partial charge on any atom is 0.700 e. The maximum absolute atomic E-state index is 10.6. The van der Waals surface area contributed by atoms with Gasteiger partial charge in [-0.25, -0.2) is 0 Å². The highest BCUT2D eigenvalue weighted by Gasteiger charge is 2.33. The first-order chi connectivity index (χ1) is 6.38. The molecule has 0 saturated carbocycles. The molecule has 0 aromatic carbocycles. The summed E-state index contributed by atoms with van der Waals surface area (Å²) < 4.78 is 16.2. The van der Waals surface area contributed by atoms with Gasteiger partial charge in [-0.1, -0.05) is 24.3 Å². The van der Waals surface area contributed by atoms with Gasteiger partial charge in [0.15, 0.2) is 0 Å². The van der Waals surface area contributed by atoms with Crippen molar-refractivity contribution in [3.8, 4) is 0 Å². The van der Waals surface area contributed by atoms with Crippen molar-refractivity contribution < 1.29 is 18.5 Å². The molecule has 0 fully saturated rings. The molecule has 0 aromatic rings. The monoisotopic (exact) mass is 223 g/mol. The second-order valence-corrected chi connectivity index (χ2v) is 5.10. The second-order valence-electron chi connectivity index (χ2n) is 4.41. The summed E-state index contributed by atoms with van der Waals surface area (Å²) in [6, 6.07) is 0. The topological polar surface area (TPSA) is 46.5 Å². The Morgan fingerprint density at radius 3 is 2.29 bits per heavy atom. The Bertz CT molecular complexity index is 179. The van der Waals surface area contributed by atoms with Crippen LogP contribution in [0.4, 0.5) is 0 Å². The zero-order valence-electron chi connectivity index (χ0n) is 9.56. The Hall–Kier alpha value is -0.0200. The Balaban J connectivity index is 4.05. The van der Waals surface area contributed by atoms with Crippen molar-refractivity contribution in [2.75, 3.05) is 21.1 Å². The first kappa shape index (κ1) is 14.0. The molecule has 0 rings (SSSR count). The minimum absolute atomic E-state index is 0.185. The van der Waals surface area contributed by atoms with Crippen molar-refractivity contribution in [2.45, 2.75) is 38.8 Å².